The molecule has 0 unspecified atom stereocenters. The van der Waals surface area contributed by atoms with Crippen LogP contribution in [0.15, 0.2) is 24.3 Å². The second-order valence-corrected chi connectivity index (χ2v) is 4.75. The van der Waals surface area contributed by atoms with Crippen molar-refractivity contribution in [1.29, 1.82) is 5.26 Å². The molecule has 1 aliphatic rings. The number of nitrogens with one attached hydrogen (secondary N) is 2. The van der Waals surface area contributed by atoms with Crippen molar-refractivity contribution in [1.82, 2.24) is 15.5 Å². The number of imide groups is 1. The van der Waals surface area contributed by atoms with Crippen LogP contribution in [-0.4, -0.2) is 42.4 Å². The fraction of sp³-hybridized carbons (Fsp3) is 0.333. The highest BCUT2D eigenvalue weighted by Gasteiger charge is 2.34. The van der Waals surface area contributed by atoms with Crippen LogP contribution >= 0.6 is 0 Å². The monoisotopic (exact) mass is 300 g/mol. The van der Waals surface area contributed by atoms with E-state index in [-0.39, 0.29) is 30.8 Å². The van der Waals surface area contributed by atoms with Gasteiger partial charge >= 0.3 is 6.03 Å². The van der Waals surface area contributed by atoms with Crippen molar-refractivity contribution in [3.8, 4) is 6.07 Å². The molecular weight excluding hydrogens is 284 g/mol. The number of carbonyl (C=O) groups excluding carboxylic acids is 3. The van der Waals surface area contributed by atoms with Crippen molar-refractivity contribution >= 4 is 17.8 Å². The van der Waals surface area contributed by atoms with Gasteiger partial charge in [-0.3, -0.25) is 14.5 Å². The third-order valence-corrected chi connectivity index (χ3v) is 3.24. The lowest BCUT2D eigenvalue weighted by Crippen LogP contribution is -2.38. The van der Waals surface area contributed by atoms with Crippen molar-refractivity contribution in [3.05, 3.63) is 35.4 Å². The summed E-state index contributed by atoms with van der Waals surface area (Å²) in [6.07, 6.45) is 0.722. The van der Waals surface area contributed by atoms with E-state index in [0.29, 0.717) is 30.6 Å². The second-order valence-electron chi connectivity index (χ2n) is 4.75. The summed E-state index contributed by atoms with van der Waals surface area (Å²) in [5.74, 6) is -0.585. The maximum atomic E-state index is 12.1. The Morgan fingerprint density at radius 2 is 1.68 bits per heavy atom. The molecule has 0 fully saturated rings. The molecule has 0 atom stereocenters. The van der Waals surface area contributed by atoms with E-state index in [1.165, 1.54) is 4.90 Å². The zero-order chi connectivity index (χ0) is 15.9. The van der Waals surface area contributed by atoms with Crippen molar-refractivity contribution in [3.63, 3.8) is 0 Å². The summed E-state index contributed by atoms with van der Waals surface area (Å²) >= 11 is 0. The molecule has 1 aliphatic heterocycles. The second kappa shape index (κ2) is 7.22. The number of urea groups is 1. The minimum absolute atomic E-state index is 0.252. The highest BCUT2D eigenvalue weighted by Crippen LogP contribution is 2.22. The van der Waals surface area contributed by atoms with Crippen molar-refractivity contribution in [2.24, 2.45) is 0 Å². The zero-order valence-corrected chi connectivity index (χ0v) is 12.0. The van der Waals surface area contributed by atoms with E-state index < -0.39 is 0 Å². The molecule has 0 spiro atoms. The fourth-order valence-corrected chi connectivity index (χ4v) is 2.18. The van der Waals surface area contributed by atoms with Gasteiger partial charge in [-0.15, -0.1) is 0 Å². The molecule has 114 valence electrons. The van der Waals surface area contributed by atoms with E-state index in [2.05, 4.69) is 10.6 Å². The molecule has 0 saturated heterocycles. The van der Waals surface area contributed by atoms with E-state index in [0.717, 1.165) is 0 Å². The minimum Gasteiger partial charge on any atom is -0.338 e. The summed E-state index contributed by atoms with van der Waals surface area (Å²) in [4.78, 5) is 36.7. The van der Waals surface area contributed by atoms with Crippen LogP contribution in [0.25, 0.3) is 0 Å². The molecule has 1 aromatic rings. The largest absolute Gasteiger partial charge is 0.338 e. The van der Waals surface area contributed by atoms with Gasteiger partial charge in [0.2, 0.25) is 0 Å². The molecule has 0 bridgehead atoms. The summed E-state index contributed by atoms with van der Waals surface area (Å²) in [6, 6.07) is 8.27. The first-order valence-electron chi connectivity index (χ1n) is 6.99. The molecule has 0 aliphatic carbocycles. The Kier molecular flexibility index (Phi) is 5.09. The zero-order valence-electron chi connectivity index (χ0n) is 12.0. The van der Waals surface area contributed by atoms with E-state index in [1.54, 1.807) is 24.3 Å². The lowest BCUT2D eigenvalue weighted by molar-refractivity contribution is 0.0653. The SMILES string of the molecule is N#CCCNC(=O)NCCCN1C(=O)c2ccccc2C1=O. The molecule has 1 heterocycles. The van der Waals surface area contributed by atoms with Gasteiger partial charge in [0, 0.05) is 19.6 Å². The van der Waals surface area contributed by atoms with E-state index in [9.17, 15) is 14.4 Å². The number of nitriles is 1. The van der Waals surface area contributed by atoms with Crippen LogP contribution in [0.4, 0.5) is 4.79 Å². The Morgan fingerprint density at radius 1 is 1.09 bits per heavy atom. The minimum atomic E-state index is -0.363. The first-order valence-corrected chi connectivity index (χ1v) is 6.99. The number of fused-ring (bicyclic) bond motifs is 1. The average molecular weight is 300 g/mol. The number of carbonyl (C=O) groups is 3. The Labute approximate surface area is 127 Å². The number of rotatable bonds is 6. The van der Waals surface area contributed by atoms with Crippen LogP contribution in [0.2, 0.25) is 0 Å². The Balaban J connectivity index is 1.75. The smallest absolute Gasteiger partial charge is 0.314 e. The van der Waals surface area contributed by atoms with Crippen LogP contribution in [0.3, 0.4) is 0 Å². The van der Waals surface area contributed by atoms with Gasteiger partial charge in [-0.2, -0.15) is 5.26 Å². The standard InChI is InChI=1S/C15H16N4O3/c16-7-3-8-17-15(22)18-9-4-10-19-13(20)11-5-1-2-6-12(11)14(19)21/h1-2,5-6H,3-4,8-10H2,(H2,17,18,22). The summed E-state index contributed by atoms with van der Waals surface area (Å²) in [5, 5.41) is 13.5. The van der Waals surface area contributed by atoms with E-state index in [1.807, 2.05) is 6.07 Å². The highest BCUT2D eigenvalue weighted by atomic mass is 16.2. The first kappa shape index (κ1) is 15.5. The number of benzene rings is 1. The van der Waals surface area contributed by atoms with Gasteiger partial charge in [-0.05, 0) is 18.6 Å². The van der Waals surface area contributed by atoms with Gasteiger partial charge in [0.25, 0.3) is 11.8 Å². The summed E-state index contributed by atoms with van der Waals surface area (Å²) < 4.78 is 0. The molecular formula is C15H16N4O3. The quantitative estimate of drug-likeness (QED) is 0.601. The summed E-state index contributed by atoms with van der Waals surface area (Å²) in [7, 11) is 0. The lowest BCUT2D eigenvalue weighted by Gasteiger charge is -2.13. The van der Waals surface area contributed by atoms with Crippen LogP contribution < -0.4 is 10.6 Å². The van der Waals surface area contributed by atoms with Crippen LogP contribution in [0.1, 0.15) is 33.6 Å². The molecule has 7 nitrogen and oxygen atoms in total. The molecule has 7 heteroatoms. The summed E-state index contributed by atoms with van der Waals surface area (Å²) in [6.45, 7) is 0.886. The van der Waals surface area contributed by atoms with Crippen molar-refractivity contribution < 1.29 is 14.4 Å². The Morgan fingerprint density at radius 3 is 2.27 bits per heavy atom. The first-order chi connectivity index (χ1) is 10.6. The number of nitrogens with zero attached hydrogens (tertiary/aromatic N) is 2. The Hall–Kier alpha value is -2.88. The normalized spacial score (nSPS) is 12.8. The fourth-order valence-electron chi connectivity index (χ4n) is 2.18. The number of amides is 4. The van der Waals surface area contributed by atoms with Gasteiger partial charge in [0.05, 0.1) is 23.6 Å². The molecule has 2 rings (SSSR count). The maximum Gasteiger partial charge on any atom is 0.314 e. The van der Waals surface area contributed by atoms with Gasteiger partial charge in [-0.25, -0.2) is 4.79 Å². The summed E-state index contributed by atoms with van der Waals surface area (Å²) in [5.41, 5.74) is 0.851. The molecule has 4 amide bonds. The number of hydrogen-bond donors (Lipinski definition) is 2. The van der Waals surface area contributed by atoms with Crippen LogP contribution in [0.5, 0.6) is 0 Å². The van der Waals surface area contributed by atoms with Crippen molar-refractivity contribution in [2.75, 3.05) is 19.6 Å². The molecule has 0 radical (unpaired) electrons. The maximum absolute atomic E-state index is 12.1. The van der Waals surface area contributed by atoms with Gasteiger partial charge in [0.1, 0.15) is 0 Å². The third kappa shape index (κ3) is 3.41. The molecule has 0 aromatic heterocycles. The van der Waals surface area contributed by atoms with E-state index >= 15 is 0 Å². The molecule has 22 heavy (non-hydrogen) atoms. The van der Waals surface area contributed by atoms with E-state index in [4.69, 9.17) is 5.26 Å². The van der Waals surface area contributed by atoms with Crippen LogP contribution in [-0.2, 0) is 0 Å². The average Bonchev–Trinajstić information content (AvgIpc) is 2.77. The van der Waals surface area contributed by atoms with Gasteiger partial charge in [0.15, 0.2) is 0 Å². The van der Waals surface area contributed by atoms with Crippen LogP contribution in [0, 0.1) is 11.3 Å². The molecule has 0 saturated carbocycles. The molecule has 2 N–H and O–H groups in total. The predicted octanol–water partition coefficient (Wildman–Crippen LogP) is 0.886. The molecule has 1 aromatic carbocycles. The van der Waals surface area contributed by atoms with Gasteiger partial charge < -0.3 is 10.6 Å². The lowest BCUT2D eigenvalue weighted by atomic mass is 10.1. The highest BCUT2D eigenvalue weighted by molar-refractivity contribution is 6.21. The third-order valence-electron chi connectivity index (χ3n) is 3.24. The predicted molar refractivity (Wildman–Crippen MR) is 78.1 cm³/mol. The van der Waals surface area contributed by atoms with Crippen molar-refractivity contribution in [2.45, 2.75) is 12.8 Å². The Bertz CT molecular complexity index is 601. The topological polar surface area (TPSA) is 102 Å². The van der Waals surface area contributed by atoms with Gasteiger partial charge in [-0.1, -0.05) is 12.1 Å². The number of hydrogen-bond acceptors (Lipinski definition) is 4.